The number of hydrogen-bond acceptors (Lipinski definition) is 5. The molecule has 3 atom stereocenters. The highest BCUT2D eigenvalue weighted by molar-refractivity contribution is 5.95. The molecule has 3 rings (SSSR count). The Bertz CT molecular complexity index is 900. The number of ether oxygens (including phenoxy) is 1. The molecular formula is C20H23F2N3O4. The van der Waals surface area contributed by atoms with Crippen molar-refractivity contribution in [2.45, 2.75) is 45.9 Å². The molecule has 1 N–H and O–H groups in total. The Morgan fingerprint density at radius 1 is 1.21 bits per heavy atom. The lowest BCUT2D eigenvalue weighted by molar-refractivity contribution is -0.0587. The maximum atomic E-state index is 13.8. The van der Waals surface area contributed by atoms with Crippen LogP contribution >= 0.6 is 0 Å². The van der Waals surface area contributed by atoms with Gasteiger partial charge in [-0.25, -0.2) is 13.8 Å². The van der Waals surface area contributed by atoms with Crippen molar-refractivity contribution < 1.29 is 27.5 Å². The van der Waals surface area contributed by atoms with Gasteiger partial charge in [-0.3, -0.25) is 9.59 Å². The number of aryl methyl sites for hydroxylation is 1. The molecule has 1 aromatic carbocycles. The zero-order valence-corrected chi connectivity index (χ0v) is 16.7. The summed E-state index contributed by atoms with van der Waals surface area (Å²) in [6.45, 7) is 7.79. The van der Waals surface area contributed by atoms with Crippen LogP contribution in [0.2, 0.25) is 0 Å². The van der Waals surface area contributed by atoms with E-state index in [1.807, 2.05) is 13.8 Å². The number of carbonyl (C=O) groups is 2. The minimum absolute atomic E-state index is 0.0744. The van der Waals surface area contributed by atoms with E-state index in [4.69, 9.17) is 9.15 Å². The summed E-state index contributed by atoms with van der Waals surface area (Å²) in [6, 6.07) is 2.37. The number of halogens is 2. The van der Waals surface area contributed by atoms with E-state index in [0.29, 0.717) is 18.8 Å². The summed E-state index contributed by atoms with van der Waals surface area (Å²) in [4.78, 5) is 31.0. The first kappa shape index (κ1) is 20.9. The van der Waals surface area contributed by atoms with E-state index in [9.17, 15) is 18.4 Å². The van der Waals surface area contributed by atoms with Gasteiger partial charge in [0.15, 0.2) is 5.69 Å². The minimum Gasteiger partial charge on any atom is -0.443 e. The van der Waals surface area contributed by atoms with Crippen LogP contribution in [0.4, 0.5) is 8.78 Å². The van der Waals surface area contributed by atoms with Crippen molar-refractivity contribution in [1.29, 1.82) is 0 Å². The van der Waals surface area contributed by atoms with Gasteiger partial charge in [0.1, 0.15) is 29.0 Å². The van der Waals surface area contributed by atoms with E-state index in [-0.39, 0.29) is 29.7 Å². The van der Waals surface area contributed by atoms with Crippen molar-refractivity contribution in [3.8, 4) is 0 Å². The van der Waals surface area contributed by atoms with Crippen molar-refractivity contribution in [2.75, 3.05) is 13.1 Å². The summed E-state index contributed by atoms with van der Waals surface area (Å²) in [7, 11) is 0. The molecule has 2 aromatic rings. The largest absolute Gasteiger partial charge is 0.443 e. The number of carbonyl (C=O) groups excluding carboxylic acids is 2. The van der Waals surface area contributed by atoms with Crippen LogP contribution in [0, 0.1) is 18.6 Å². The van der Waals surface area contributed by atoms with E-state index < -0.39 is 29.1 Å². The number of nitrogens with one attached hydrogen (secondary N) is 1. The van der Waals surface area contributed by atoms with Crippen LogP contribution in [0.1, 0.15) is 59.3 Å². The molecule has 1 aliphatic heterocycles. The van der Waals surface area contributed by atoms with Gasteiger partial charge >= 0.3 is 0 Å². The van der Waals surface area contributed by atoms with E-state index in [1.54, 1.807) is 18.7 Å². The Kier molecular flexibility index (Phi) is 5.97. The topological polar surface area (TPSA) is 84.7 Å². The van der Waals surface area contributed by atoms with Crippen LogP contribution in [0.25, 0.3) is 0 Å². The van der Waals surface area contributed by atoms with Gasteiger partial charge in [-0.05, 0) is 39.8 Å². The van der Waals surface area contributed by atoms with Crippen LogP contribution in [0.15, 0.2) is 22.6 Å². The predicted molar refractivity (Wildman–Crippen MR) is 99.4 cm³/mol. The fourth-order valence-corrected chi connectivity index (χ4v) is 3.34. The van der Waals surface area contributed by atoms with Gasteiger partial charge in [-0.1, -0.05) is 6.07 Å². The third-order valence-corrected chi connectivity index (χ3v) is 4.63. The highest BCUT2D eigenvalue weighted by Crippen LogP contribution is 2.21. The molecule has 1 saturated heterocycles. The van der Waals surface area contributed by atoms with Crippen molar-refractivity contribution >= 4 is 11.8 Å². The predicted octanol–water partition coefficient (Wildman–Crippen LogP) is 3.00. The van der Waals surface area contributed by atoms with E-state index in [2.05, 4.69) is 10.3 Å². The number of amides is 2. The molecule has 29 heavy (non-hydrogen) atoms. The molecule has 0 saturated carbocycles. The second kappa shape index (κ2) is 8.28. The fraction of sp³-hybridized carbons (Fsp3) is 0.450. The summed E-state index contributed by atoms with van der Waals surface area (Å²) in [5.41, 5.74) is -0.547. The third kappa shape index (κ3) is 4.45. The summed E-state index contributed by atoms with van der Waals surface area (Å²) in [5.74, 6) is -2.79. The standard InChI is InChI=1S/C20H23F2N3O4/c1-10-8-25(9-11(2)28-10)20(27)17-13(4)29-19(24-17)12(3)23-18(26)16-14(21)6-5-7-15(16)22/h5-7,10-12H,8-9H2,1-4H3,(H,23,26)/t10-,11+,12-/m1/s1. The van der Waals surface area contributed by atoms with Crippen molar-refractivity contribution in [3.63, 3.8) is 0 Å². The maximum absolute atomic E-state index is 13.8. The lowest BCUT2D eigenvalue weighted by atomic mass is 10.1. The van der Waals surface area contributed by atoms with Crippen molar-refractivity contribution in [3.05, 3.63) is 52.7 Å². The normalized spacial score (nSPS) is 20.4. The van der Waals surface area contributed by atoms with Crippen molar-refractivity contribution in [1.82, 2.24) is 15.2 Å². The molecule has 2 amide bonds. The average molecular weight is 407 g/mol. The van der Waals surface area contributed by atoms with Crippen LogP contribution in [0.3, 0.4) is 0 Å². The molecule has 1 fully saturated rings. The molecule has 7 nitrogen and oxygen atoms in total. The molecule has 0 aliphatic carbocycles. The smallest absolute Gasteiger partial charge is 0.276 e. The Morgan fingerprint density at radius 2 is 1.79 bits per heavy atom. The van der Waals surface area contributed by atoms with Crippen LogP contribution in [-0.2, 0) is 4.74 Å². The van der Waals surface area contributed by atoms with Gasteiger partial charge < -0.3 is 19.4 Å². The zero-order valence-electron chi connectivity index (χ0n) is 16.7. The number of aromatic nitrogens is 1. The maximum Gasteiger partial charge on any atom is 0.276 e. The summed E-state index contributed by atoms with van der Waals surface area (Å²) in [6.07, 6.45) is -0.188. The number of rotatable bonds is 4. The summed E-state index contributed by atoms with van der Waals surface area (Å²) < 4.78 is 38.8. The Labute approximate surface area is 167 Å². The third-order valence-electron chi connectivity index (χ3n) is 4.63. The fourth-order valence-electron chi connectivity index (χ4n) is 3.34. The van der Waals surface area contributed by atoms with Gasteiger partial charge in [0.2, 0.25) is 5.89 Å². The number of hydrogen-bond donors (Lipinski definition) is 1. The zero-order chi connectivity index (χ0) is 21.3. The van der Waals surface area contributed by atoms with Crippen LogP contribution < -0.4 is 5.32 Å². The number of morpholine rings is 1. The quantitative estimate of drug-likeness (QED) is 0.842. The minimum atomic E-state index is -0.968. The van der Waals surface area contributed by atoms with Crippen molar-refractivity contribution in [2.24, 2.45) is 0 Å². The second-order valence-electron chi connectivity index (χ2n) is 7.22. The first-order valence-corrected chi connectivity index (χ1v) is 9.34. The molecule has 9 heteroatoms. The summed E-state index contributed by atoms with van der Waals surface area (Å²) in [5, 5.41) is 2.45. The second-order valence-corrected chi connectivity index (χ2v) is 7.22. The van der Waals surface area contributed by atoms with Crippen LogP contribution in [-0.4, -0.2) is 47.0 Å². The molecule has 1 aromatic heterocycles. The van der Waals surface area contributed by atoms with E-state index in [0.717, 1.165) is 12.1 Å². The number of oxazole rings is 1. The molecule has 0 radical (unpaired) electrons. The lowest BCUT2D eigenvalue weighted by Crippen LogP contribution is -2.48. The van der Waals surface area contributed by atoms with Gasteiger partial charge in [-0.15, -0.1) is 0 Å². The van der Waals surface area contributed by atoms with Gasteiger partial charge in [0, 0.05) is 13.1 Å². The monoisotopic (exact) mass is 407 g/mol. The Morgan fingerprint density at radius 3 is 2.38 bits per heavy atom. The first-order chi connectivity index (χ1) is 13.7. The highest BCUT2D eigenvalue weighted by Gasteiger charge is 2.31. The molecular weight excluding hydrogens is 384 g/mol. The van der Waals surface area contributed by atoms with E-state index >= 15 is 0 Å². The average Bonchev–Trinajstić information content (AvgIpc) is 3.02. The molecule has 156 valence electrons. The highest BCUT2D eigenvalue weighted by atomic mass is 19.1. The Balaban J connectivity index is 1.75. The van der Waals surface area contributed by atoms with E-state index in [1.165, 1.54) is 6.07 Å². The molecule has 2 heterocycles. The SMILES string of the molecule is Cc1oc([C@@H](C)NC(=O)c2c(F)cccc2F)nc1C(=O)N1C[C@@H](C)O[C@@H](C)C1. The molecule has 0 spiro atoms. The number of benzene rings is 1. The van der Waals surface area contributed by atoms with Gasteiger partial charge in [0.05, 0.1) is 12.2 Å². The lowest BCUT2D eigenvalue weighted by Gasteiger charge is -2.34. The Hall–Kier alpha value is -2.81. The van der Waals surface area contributed by atoms with Crippen LogP contribution in [0.5, 0.6) is 0 Å². The van der Waals surface area contributed by atoms with Gasteiger partial charge in [0.25, 0.3) is 11.8 Å². The van der Waals surface area contributed by atoms with Gasteiger partial charge in [-0.2, -0.15) is 0 Å². The molecule has 1 aliphatic rings. The summed E-state index contributed by atoms with van der Waals surface area (Å²) >= 11 is 0. The molecule has 0 bridgehead atoms. The first-order valence-electron chi connectivity index (χ1n) is 9.34. The number of nitrogens with zero attached hydrogens (tertiary/aromatic N) is 2. The molecule has 0 unspecified atom stereocenters.